The molecule has 10 heteroatoms. The van der Waals surface area contributed by atoms with Gasteiger partial charge in [0.05, 0.1) is 25.2 Å². The van der Waals surface area contributed by atoms with Crippen molar-refractivity contribution < 1.29 is 44.4 Å². The van der Waals surface area contributed by atoms with Crippen LogP contribution in [0.2, 0.25) is 0 Å². The third-order valence-electron chi connectivity index (χ3n) is 5.05. The molecule has 0 spiro atoms. The van der Waals surface area contributed by atoms with Gasteiger partial charge in [0, 0.05) is 18.6 Å². The number of aliphatic carboxylic acids is 1. The van der Waals surface area contributed by atoms with Gasteiger partial charge in [0.15, 0.2) is 12.4 Å². The summed E-state index contributed by atoms with van der Waals surface area (Å²) in [4.78, 5) is 23.6. The number of aryl methyl sites for hydroxylation is 2. The zero-order valence-electron chi connectivity index (χ0n) is 15.9. The second kappa shape index (κ2) is 8.50. The van der Waals surface area contributed by atoms with E-state index in [-0.39, 0.29) is 0 Å². The maximum atomic E-state index is 12.1. The van der Waals surface area contributed by atoms with Crippen LogP contribution in [0.15, 0.2) is 18.5 Å². The van der Waals surface area contributed by atoms with Gasteiger partial charge in [-0.2, -0.15) is 4.57 Å². The third kappa shape index (κ3) is 4.15. The molecule has 1 saturated heterocycles. The fourth-order valence-corrected chi connectivity index (χ4v) is 3.30. The molecule has 0 aromatic carbocycles. The van der Waals surface area contributed by atoms with Gasteiger partial charge in [-0.3, -0.25) is 4.79 Å². The SMILES string of the molecule is CC(=O)N[C@H]1[C@H]([C@H](O)[C@H](O)CO)O[C@](C(=O)[O-])([n+]2ccc(C)c(C)c2)C[C@@H]1O. The zero-order chi connectivity index (χ0) is 21.2. The van der Waals surface area contributed by atoms with Crippen molar-refractivity contribution in [3.05, 3.63) is 29.6 Å². The van der Waals surface area contributed by atoms with Crippen LogP contribution in [0.25, 0.3) is 0 Å². The number of carbonyl (C=O) groups is 2. The number of carbonyl (C=O) groups excluding carboxylic acids is 2. The minimum Gasteiger partial charge on any atom is -0.541 e. The first-order chi connectivity index (χ1) is 13.0. The van der Waals surface area contributed by atoms with Crippen LogP contribution in [0.1, 0.15) is 24.5 Å². The molecule has 0 unspecified atom stereocenters. The highest BCUT2D eigenvalue weighted by Crippen LogP contribution is 2.32. The summed E-state index contributed by atoms with van der Waals surface area (Å²) in [5.41, 5.74) is -0.560. The van der Waals surface area contributed by atoms with Gasteiger partial charge in [0.25, 0.3) is 0 Å². The van der Waals surface area contributed by atoms with Crippen molar-refractivity contribution in [1.82, 2.24) is 5.32 Å². The molecule has 0 radical (unpaired) electrons. The second-order valence-electron chi connectivity index (χ2n) is 7.11. The van der Waals surface area contributed by atoms with E-state index >= 15 is 0 Å². The van der Waals surface area contributed by atoms with E-state index in [1.165, 1.54) is 23.9 Å². The van der Waals surface area contributed by atoms with Gasteiger partial charge < -0.3 is 40.4 Å². The molecule has 1 fully saturated rings. The van der Waals surface area contributed by atoms with Crippen molar-refractivity contribution in [3.63, 3.8) is 0 Å². The molecule has 156 valence electrons. The van der Waals surface area contributed by atoms with E-state index in [1.54, 1.807) is 13.0 Å². The molecule has 0 saturated carbocycles. The highest BCUT2D eigenvalue weighted by Gasteiger charge is 2.57. The lowest BCUT2D eigenvalue weighted by Gasteiger charge is -2.45. The van der Waals surface area contributed by atoms with Crippen LogP contribution in [-0.2, 0) is 20.1 Å². The number of hydrogen-bond acceptors (Lipinski definition) is 8. The van der Waals surface area contributed by atoms with E-state index in [2.05, 4.69) is 5.32 Å². The summed E-state index contributed by atoms with van der Waals surface area (Å²) in [7, 11) is 0. The predicted octanol–water partition coefficient (Wildman–Crippen LogP) is -3.64. The Morgan fingerprint density at radius 2 is 2.04 bits per heavy atom. The van der Waals surface area contributed by atoms with Crippen LogP contribution >= 0.6 is 0 Å². The van der Waals surface area contributed by atoms with Gasteiger partial charge in [0.1, 0.15) is 24.3 Å². The van der Waals surface area contributed by atoms with E-state index in [0.29, 0.717) is 0 Å². The molecule has 6 atom stereocenters. The fourth-order valence-electron chi connectivity index (χ4n) is 3.30. The number of ether oxygens (including phenoxy) is 1. The zero-order valence-corrected chi connectivity index (χ0v) is 15.9. The van der Waals surface area contributed by atoms with E-state index in [0.717, 1.165) is 11.1 Å². The van der Waals surface area contributed by atoms with Gasteiger partial charge >= 0.3 is 5.72 Å². The minimum atomic E-state index is -2.20. The topological polar surface area (TPSA) is 163 Å². The van der Waals surface area contributed by atoms with Gasteiger partial charge in [0.2, 0.25) is 5.91 Å². The van der Waals surface area contributed by atoms with Crippen LogP contribution in [-0.4, -0.2) is 69.4 Å². The van der Waals surface area contributed by atoms with Crippen molar-refractivity contribution in [1.29, 1.82) is 0 Å². The molecule has 2 heterocycles. The Balaban J connectivity index is 2.55. The molecule has 0 bridgehead atoms. The number of rotatable bonds is 6. The summed E-state index contributed by atoms with van der Waals surface area (Å²) >= 11 is 0. The van der Waals surface area contributed by atoms with Crippen molar-refractivity contribution in [2.45, 2.75) is 63.4 Å². The maximum Gasteiger partial charge on any atom is 0.316 e. The molecule has 0 aliphatic carbocycles. The highest BCUT2D eigenvalue weighted by atomic mass is 16.6. The largest absolute Gasteiger partial charge is 0.541 e. The van der Waals surface area contributed by atoms with Crippen molar-refractivity contribution in [3.8, 4) is 0 Å². The Bertz CT molecular complexity index is 742. The monoisotopic (exact) mass is 398 g/mol. The Morgan fingerprint density at radius 3 is 2.54 bits per heavy atom. The molecular weight excluding hydrogens is 372 g/mol. The lowest BCUT2D eigenvalue weighted by atomic mass is 9.87. The van der Waals surface area contributed by atoms with Crippen molar-refractivity contribution in [2.75, 3.05) is 6.61 Å². The number of carboxylic acid groups (broad SMARTS) is 1. The predicted molar refractivity (Wildman–Crippen MR) is 91.3 cm³/mol. The molecule has 1 aromatic rings. The molecule has 1 amide bonds. The number of hydrogen-bond donors (Lipinski definition) is 5. The van der Waals surface area contributed by atoms with Gasteiger partial charge in [-0.1, -0.05) is 0 Å². The lowest BCUT2D eigenvalue weighted by molar-refractivity contribution is -0.807. The van der Waals surface area contributed by atoms with Gasteiger partial charge in [-0.05, 0) is 19.4 Å². The molecule has 1 aliphatic heterocycles. The first-order valence-electron chi connectivity index (χ1n) is 8.84. The summed E-state index contributed by atoms with van der Waals surface area (Å²) in [5, 5.41) is 54.5. The Hall–Kier alpha value is -2.11. The summed E-state index contributed by atoms with van der Waals surface area (Å²) in [6.07, 6.45) is -4.00. The average Bonchev–Trinajstić information content (AvgIpc) is 2.63. The third-order valence-corrected chi connectivity index (χ3v) is 5.05. The molecule has 2 rings (SSSR count). The average molecular weight is 398 g/mol. The van der Waals surface area contributed by atoms with Crippen LogP contribution in [0.5, 0.6) is 0 Å². The number of pyridine rings is 1. The molecule has 5 N–H and O–H groups in total. The van der Waals surface area contributed by atoms with E-state index < -0.39 is 61.1 Å². The second-order valence-corrected chi connectivity index (χ2v) is 7.11. The van der Waals surface area contributed by atoms with Crippen LogP contribution in [0.3, 0.4) is 0 Å². The first kappa shape index (κ1) is 22.2. The Labute approximate surface area is 162 Å². The number of carboxylic acids is 1. The standard InChI is InChI=1S/C18H26N2O8/c1-9-4-5-20(7-10(9)2)18(17(26)27)6-12(23)14(19-11(3)22)16(28-18)15(25)13(24)8-21/h4-5,7,12-16,21,23-25H,6,8H2,1-3H3,(H-,19,22,26,27)/t12-,13+,14+,15+,16+,18+/m0/s1. The highest BCUT2D eigenvalue weighted by molar-refractivity contribution is 5.74. The van der Waals surface area contributed by atoms with Crippen LogP contribution < -0.4 is 15.0 Å². The number of aromatic nitrogens is 1. The lowest BCUT2D eigenvalue weighted by Crippen LogP contribution is -2.76. The molecular formula is C18H26N2O8. The van der Waals surface area contributed by atoms with E-state index in [9.17, 15) is 30.0 Å². The van der Waals surface area contributed by atoms with E-state index in [1.807, 2.05) is 6.92 Å². The maximum absolute atomic E-state index is 12.1. The molecule has 10 nitrogen and oxygen atoms in total. The molecule has 1 aromatic heterocycles. The Morgan fingerprint density at radius 1 is 1.39 bits per heavy atom. The summed E-state index contributed by atoms with van der Waals surface area (Å²) in [5.74, 6) is -2.22. The fraction of sp³-hybridized carbons (Fsp3) is 0.611. The van der Waals surface area contributed by atoms with Crippen LogP contribution in [0, 0.1) is 13.8 Å². The smallest absolute Gasteiger partial charge is 0.316 e. The van der Waals surface area contributed by atoms with Crippen molar-refractivity contribution >= 4 is 11.9 Å². The van der Waals surface area contributed by atoms with Crippen molar-refractivity contribution in [2.24, 2.45) is 0 Å². The number of amides is 1. The Kier molecular flexibility index (Phi) is 6.73. The van der Waals surface area contributed by atoms with Gasteiger partial charge in [-0.25, -0.2) is 0 Å². The number of aliphatic hydroxyl groups excluding tert-OH is 4. The minimum absolute atomic E-state index is 0.480. The molecule has 1 aliphatic rings. The quantitative estimate of drug-likeness (QED) is 0.306. The normalized spacial score (nSPS) is 29.8. The summed E-state index contributed by atoms with van der Waals surface area (Å²) in [6, 6.07) is 0.442. The number of aliphatic hydroxyl groups is 4. The number of nitrogens with zero attached hydrogens (tertiary/aromatic N) is 1. The first-order valence-corrected chi connectivity index (χ1v) is 8.84. The summed E-state index contributed by atoms with van der Waals surface area (Å²) < 4.78 is 6.90. The van der Waals surface area contributed by atoms with Crippen LogP contribution in [0.4, 0.5) is 0 Å². The van der Waals surface area contributed by atoms with Gasteiger partial charge in [-0.15, -0.1) is 0 Å². The number of nitrogens with one attached hydrogen (secondary N) is 1. The summed E-state index contributed by atoms with van der Waals surface area (Å²) in [6.45, 7) is 3.94. The van der Waals surface area contributed by atoms with E-state index in [4.69, 9.17) is 9.84 Å². The molecule has 28 heavy (non-hydrogen) atoms.